The number of nitrogens with zero attached hydrogens (tertiary/aromatic N) is 1. The van der Waals surface area contributed by atoms with Crippen LogP contribution in [0, 0.1) is 6.92 Å². The van der Waals surface area contributed by atoms with Crippen LogP contribution in [-0.2, 0) is 22.6 Å². The van der Waals surface area contributed by atoms with Gasteiger partial charge in [-0.2, -0.15) is 0 Å². The number of para-hydroxylation sites is 1. The Hall–Kier alpha value is -2.86. The molecular weight excluding hydrogens is 362 g/mol. The minimum atomic E-state index is -0.271. The highest BCUT2D eigenvalue weighted by molar-refractivity contribution is 7.13. The molecule has 2 aromatic carbocycles. The first-order chi connectivity index (χ1) is 13.1. The number of ether oxygens (including phenoxy) is 3. The number of aromatic nitrogens is 1. The molecule has 0 aliphatic carbocycles. The van der Waals surface area contributed by atoms with Crippen LogP contribution in [0.3, 0.4) is 0 Å². The Kier molecular flexibility index (Phi) is 6.08. The van der Waals surface area contributed by atoms with Gasteiger partial charge in [-0.3, -0.25) is 4.79 Å². The summed E-state index contributed by atoms with van der Waals surface area (Å²) in [6, 6.07) is 13.5. The molecule has 1 aromatic heterocycles. The van der Waals surface area contributed by atoms with Crippen LogP contribution in [0.5, 0.6) is 11.5 Å². The summed E-state index contributed by atoms with van der Waals surface area (Å²) in [5.41, 5.74) is 3.65. The molecule has 0 aliphatic rings. The largest absolute Gasteiger partial charge is 0.493 e. The maximum Gasteiger partial charge on any atom is 0.310 e. The predicted molar refractivity (Wildman–Crippen MR) is 105 cm³/mol. The van der Waals surface area contributed by atoms with E-state index in [1.165, 1.54) is 11.3 Å². The molecule has 5 nitrogen and oxygen atoms in total. The monoisotopic (exact) mass is 383 g/mol. The molecule has 0 unspecified atom stereocenters. The second kappa shape index (κ2) is 8.68. The zero-order valence-electron chi connectivity index (χ0n) is 15.5. The van der Waals surface area contributed by atoms with Gasteiger partial charge in [0.05, 0.1) is 31.9 Å². The van der Waals surface area contributed by atoms with E-state index in [2.05, 4.69) is 4.98 Å². The molecule has 3 aromatic rings. The summed E-state index contributed by atoms with van der Waals surface area (Å²) in [6.45, 7) is 2.16. The fraction of sp³-hybridized carbons (Fsp3) is 0.238. The van der Waals surface area contributed by atoms with Gasteiger partial charge in [0, 0.05) is 5.38 Å². The van der Waals surface area contributed by atoms with Gasteiger partial charge < -0.3 is 14.2 Å². The summed E-state index contributed by atoms with van der Waals surface area (Å²) >= 11 is 1.47. The number of hydrogen-bond acceptors (Lipinski definition) is 6. The molecule has 0 spiro atoms. The van der Waals surface area contributed by atoms with Crippen LogP contribution in [0.4, 0.5) is 0 Å². The van der Waals surface area contributed by atoms with E-state index in [1.807, 2.05) is 54.8 Å². The molecule has 6 heteroatoms. The van der Waals surface area contributed by atoms with E-state index in [1.54, 1.807) is 14.2 Å². The number of aryl methyl sites for hydroxylation is 1. The van der Waals surface area contributed by atoms with Crippen molar-refractivity contribution in [3.63, 3.8) is 0 Å². The summed E-state index contributed by atoms with van der Waals surface area (Å²) in [7, 11) is 3.20. The minimum absolute atomic E-state index is 0.146. The third-order valence-electron chi connectivity index (χ3n) is 4.04. The minimum Gasteiger partial charge on any atom is -0.493 e. The lowest BCUT2D eigenvalue weighted by Gasteiger charge is -2.10. The topological polar surface area (TPSA) is 57.7 Å². The SMILES string of the molecule is COc1cccc(-c2nc(COC(=O)Cc3ccc(C)cc3)cs2)c1OC. The molecular formula is C21H21NO4S. The van der Waals surface area contributed by atoms with Crippen molar-refractivity contribution in [1.82, 2.24) is 4.98 Å². The molecule has 0 amide bonds. The molecule has 0 aliphatic heterocycles. The Balaban J connectivity index is 1.65. The maximum atomic E-state index is 12.0. The number of rotatable bonds is 7. The van der Waals surface area contributed by atoms with Crippen molar-refractivity contribution >= 4 is 17.3 Å². The molecule has 0 N–H and O–H groups in total. The van der Waals surface area contributed by atoms with Crippen molar-refractivity contribution in [1.29, 1.82) is 0 Å². The Labute approximate surface area is 162 Å². The van der Waals surface area contributed by atoms with E-state index in [0.717, 1.165) is 21.7 Å². The molecule has 0 bridgehead atoms. The zero-order valence-corrected chi connectivity index (χ0v) is 16.3. The summed E-state index contributed by atoms with van der Waals surface area (Å²) in [6.07, 6.45) is 0.251. The smallest absolute Gasteiger partial charge is 0.310 e. The fourth-order valence-electron chi connectivity index (χ4n) is 2.63. The number of methoxy groups -OCH3 is 2. The average Bonchev–Trinajstić information content (AvgIpc) is 3.16. The van der Waals surface area contributed by atoms with Crippen LogP contribution in [0.2, 0.25) is 0 Å². The molecule has 140 valence electrons. The number of esters is 1. The van der Waals surface area contributed by atoms with Gasteiger partial charge >= 0.3 is 5.97 Å². The molecule has 0 saturated heterocycles. The highest BCUT2D eigenvalue weighted by atomic mass is 32.1. The lowest BCUT2D eigenvalue weighted by Crippen LogP contribution is -2.08. The van der Waals surface area contributed by atoms with Gasteiger partial charge in [0.15, 0.2) is 11.5 Å². The van der Waals surface area contributed by atoms with Crippen LogP contribution in [0.1, 0.15) is 16.8 Å². The van der Waals surface area contributed by atoms with Gasteiger partial charge in [-0.25, -0.2) is 4.98 Å². The molecule has 1 heterocycles. The van der Waals surface area contributed by atoms with Gasteiger partial charge in [-0.15, -0.1) is 11.3 Å². The van der Waals surface area contributed by atoms with Crippen molar-refractivity contribution < 1.29 is 19.0 Å². The van der Waals surface area contributed by atoms with Crippen LogP contribution < -0.4 is 9.47 Å². The first kappa shape index (κ1) is 18.9. The highest BCUT2D eigenvalue weighted by Crippen LogP contribution is 2.38. The van der Waals surface area contributed by atoms with E-state index in [9.17, 15) is 4.79 Å². The van der Waals surface area contributed by atoms with Gasteiger partial charge in [-0.1, -0.05) is 35.9 Å². The average molecular weight is 383 g/mol. The van der Waals surface area contributed by atoms with E-state index in [4.69, 9.17) is 14.2 Å². The first-order valence-electron chi connectivity index (χ1n) is 8.47. The molecule has 27 heavy (non-hydrogen) atoms. The second-order valence-electron chi connectivity index (χ2n) is 6.01. The quantitative estimate of drug-likeness (QED) is 0.565. The molecule has 0 radical (unpaired) electrons. The Morgan fingerprint density at radius 3 is 2.56 bits per heavy atom. The molecule has 0 atom stereocenters. The van der Waals surface area contributed by atoms with E-state index in [0.29, 0.717) is 17.2 Å². The zero-order chi connectivity index (χ0) is 19.2. The van der Waals surface area contributed by atoms with Gasteiger partial charge in [-0.05, 0) is 24.6 Å². The number of carbonyl (C=O) groups is 1. The van der Waals surface area contributed by atoms with E-state index >= 15 is 0 Å². The first-order valence-corrected chi connectivity index (χ1v) is 9.35. The van der Waals surface area contributed by atoms with E-state index in [-0.39, 0.29) is 19.0 Å². The third-order valence-corrected chi connectivity index (χ3v) is 4.96. The van der Waals surface area contributed by atoms with Gasteiger partial charge in [0.1, 0.15) is 11.6 Å². The highest BCUT2D eigenvalue weighted by Gasteiger charge is 2.15. The van der Waals surface area contributed by atoms with Crippen molar-refractivity contribution in [2.45, 2.75) is 20.0 Å². The number of benzene rings is 2. The Morgan fingerprint density at radius 1 is 1.07 bits per heavy atom. The summed E-state index contributed by atoms with van der Waals surface area (Å²) in [5, 5.41) is 2.67. The Bertz CT molecular complexity index is 918. The van der Waals surface area contributed by atoms with Crippen LogP contribution in [0.15, 0.2) is 47.8 Å². The van der Waals surface area contributed by atoms with Crippen LogP contribution in [-0.4, -0.2) is 25.2 Å². The van der Waals surface area contributed by atoms with E-state index < -0.39 is 0 Å². The van der Waals surface area contributed by atoms with Crippen molar-refractivity contribution in [3.8, 4) is 22.1 Å². The number of hydrogen-bond donors (Lipinski definition) is 0. The third kappa shape index (κ3) is 4.65. The number of thiazole rings is 1. The lowest BCUT2D eigenvalue weighted by molar-refractivity contribution is -0.144. The summed E-state index contributed by atoms with van der Waals surface area (Å²) in [4.78, 5) is 16.6. The van der Waals surface area contributed by atoms with Gasteiger partial charge in [0.2, 0.25) is 0 Å². The van der Waals surface area contributed by atoms with Gasteiger partial charge in [0.25, 0.3) is 0 Å². The van der Waals surface area contributed by atoms with Crippen LogP contribution >= 0.6 is 11.3 Å². The normalized spacial score (nSPS) is 10.5. The maximum absolute atomic E-state index is 12.0. The van der Waals surface area contributed by atoms with Crippen molar-refractivity contribution in [3.05, 3.63) is 64.7 Å². The predicted octanol–water partition coefficient (Wildman–Crippen LogP) is 4.42. The standard InChI is InChI=1S/C21H21NO4S/c1-14-7-9-15(10-8-14)11-19(23)26-12-16-13-27-21(22-16)17-5-4-6-18(24-2)20(17)25-3/h4-10,13H,11-12H2,1-3H3. The molecule has 0 fully saturated rings. The lowest BCUT2D eigenvalue weighted by atomic mass is 10.1. The summed E-state index contributed by atoms with van der Waals surface area (Å²) < 4.78 is 16.2. The fourth-order valence-corrected chi connectivity index (χ4v) is 3.46. The number of carbonyl (C=O) groups excluding carboxylic acids is 1. The summed E-state index contributed by atoms with van der Waals surface area (Å²) in [5.74, 6) is 1.01. The Morgan fingerprint density at radius 2 is 1.85 bits per heavy atom. The van der Waals surface area contributed by atoms with Crippen LogP contribution in [0.25, 0.3) is 10.6 Å². The molecule has 3 rings (SSSR count). The second-order valence-corrected chi connectivity index (χ2v) is 6.87. The van der Waals surface area contributed by atoms with Crippen molar-refractivity contribution in [2.75, 3.05) is 14.2 Å². The molecule has 0 saturated carbocycles. The van der Waals surface area contributed by atoms with Crippen molar-refractivity contribution in [2.24, 2.45) is 0 Å².